The van der Waals surface area contributed by atoms with Crippen molar-refractivity contribution in [2.24, 2.45) is 0 Å². The van der Waals surface area contributed by atoms with E-state index in [1.54, 1.807) is 46.4 Å². The van der Waals surface area contributed by atoms with Gasteiger partial charge in [-0.25, -0.2) is 13.4 Å². The third-order valence-corrected chi connectivity index (χ3v) is 9.32. The summed E-state index contributed by atoms with van der Waals surface area (Å²) in [4.78, 5) is 21.8. The van der Waals surface area contributed by atoms with E-state index in [4.69, 9.17) is 0 Å². The molecule has 4 rings (SSSR count). The molecule has 0 aromatic carbocycles. The number of thiophene rings is 1. The lowest BCUT2D eigenvalue weighted by molar-refractivity contribution is 0.0768. The van der Waals surface area contributed by atoms with Crippen molar-refractivity contribution in [1.29, 1.82) is 5.26 Å². The molecule has 0 unspecified atom stereocenters. The number of sulfonamides is 1. The van der Waals surface area contributed by atoms with Crippen LogP contribution in [0.25, 0.3) is 0 Å². The van der Waals surface area contributed by atoms with E-state index in [0.29, 0.717) is 57.1 Å². The highest BCUT2D eigenvalue weighted by molar-refractivity contribution is 7.99. The van der Waals surface area contributed by atoms with E-state index >= 15 is 0 Å². The average molecular weight is 478 g/mol. The maximum Gasteiger partial charge on any atom is 0.265 e. The number of hydrogen-bond donors (Lipinski definition) is 0. The Labute approximate surface area is 190 Å². The monoisotopic (exact) mass is 477 g/mol. The van der Waals surface area contributed by atoms with Crippen LogP contribution in [0.4, 0.5) is 5.82 Å². The van der Waals surface area contributed by atoms with Crippen LogP contribution in [-0.4, -0.2) is 79.3 Å². The molecule has 0 spiro atoms. The maximum atomic E-state index is 13.3. The fourth-order valence-corrected chi connectivity index (χ4v) is 7.73. The zero-order chi connectivity index (χ0) is 21.8. The number of hydrogen-bond acceptors (Lipinski definition) is 8. The lowest BCUT2D eigenvalue weighted by atomic mass is 10.2. The Balaban J connectivity index is 1.51. The Hall–Kier alpha value is -2.13. The summed E-state index contributed by atoms with van der Waals surface area (Å²) in [5.74, 6) is 1.92. The summed E-state index contributed by atoms with van der Waals surface area (Å²) in [7, 11) is -3.68. The molecular weight excluding hydrogens is 454 g/mol. The standard InChI is InChI=1S/C20H23N5O3S3/c21-15-16-3-1-5-22-19(16)23-6-2-7-24(9-8-23)20(26)18-17(4-12-30-18)31(27,28)25-10-13-29-14-11-25/h1,3-5,12H,2,6-11,13-14H2. The molecule has 2 aliphatic rings. The maximum absolute atomic E-state index is 13.3. The van der Waals surface area contributed by atoms with Crippen molar-refractivity contribution in [1.82, 2.24) is 14.2 Å². The van der Waals surface area contributed by atoms with Crippen LogP contribution in [0.2, 0.25) is 0 Å². The molecule has 1 amide bonds. The van der Waals surface area contributed by atoms with Gasteiger partial charge in [-0.1, -0.05) is 0 Å². The van der Waals surface area contributed by atoms with Gasteiger partial charge in [0.1, 0.15) is 21.7 Å². The lowest BCUT2D eigenvalue weighted by Gasteiger charge is -2.26. The number of pyridine rings is 1. The van der Waals surface area contributed by atoms with Crippen molar-refractivity contribution in [3.63, 3.8) is 0 Å². The van der Waals surface area contributed by atoms with Crippen molar-refractivity contribution in [3.05, 3.63) is 40.2 Å². The summed E-state index contributed by atoms with van der Waals surface area (Å²) >= 11 is 2.92. The van der Waals surface area contributed by atoms with Crippen LogP contribution in [0.5, 0.6) is 0 Å². The number of aromatic nitrogens is 1. The third kappa shape index (κ3) is 4.57. The summed E-state index contributed by atoms with van der Waals surface area (Å²) in [6.07, 6.45) is 2.37. The Morgan fingerprint density at radius 2 is 1.90 bits per heavy atom. The van der Waals surface area contributed by atoms with Gasteiger partial charge in [-0.2, -0.15) is 21.3 Å². The largest absolute Gasteiger partial charge is 0.354 e. The molecule has 0 aliphatic carbocycles. The van der Waals surface area contributed by atoms with Crippen LogP contribution in [-0.2, 0) is 10.0 Å². The quantitative estimate of drug-likeness (QED) is 0.665. The zero-order valence-corrected chi connectivity index (χ0v) is 19.4. The van der Waals surface area contributed by atoms with Gasteiger partial charge in [0.05, 0.1) is 5.56 Å². The molecule has 0 radical (unpaired) electrons. The van der Waals surface area contributed by atoms with Gasteiger partial charge in [-0.05, 0) is 30.0 Å². The first-order valence-electron chi connectivity index (χ1n) is 10.1. The molecule has 164 valence electrons. The summed E-state index contributed by atoms with van der Waals surface area (Å²) in [6, 6.07) is 7.18. The Morgan fingerprint density at radius 3 is 2.68 bits per heavy atom. The van der Waals surface area contributed by atoms with Crippen LogP contribution >= 0.6 is 23.1 Å². The van der Waals surface area contributed by atoms with E-state index in [1.807, 2.05) is 4.90 Å². The predicted octanol–water partition coefficient (Wildman–Crippen LogP) is 2.10. The van der Waals surface area contributed by atoms with Crippen molar-refractivity contribution < 1.29 is 13.2 Å². The van der Waals surface area contributed by atoms with Gasteiger partial charge in [0.25, 0.3) is 5.91 Å². The SMILES string of the molecule is N#Cc1cccnc1N1CCCN(C(=O)c2sccc2S(=O)(=O)N2CCSCC2)CC1. The molecule has 2 aromatic rings. The van der Waals surface area contributed by atoms with E-state index < -0.39 is 10.0 Å². The fraction of sp³-hybridized carbons (Fsp3) is 0.450. The molecule has 0 atom stereocenters. The van der Waals surface area contributed by atoms with E-state index in [1.165, 1.54) is 15.6 Å². The Kier molecular flexibility index (Phi) is 6.81. The van der Waals surface area contributed by atoms with Gasteiger partial charge < -0.3 is 9.80 Å². The minimum Gasteiger partial charge on any atom is -0.354 e. The number of carbonyl (C=O) groups excluding carboxylic acids is 1. The number of amides is 1. The predicted molar refractivity (Wildman–Crippen MR) is 122 cm³/mol. The summed E-state index contributed by atoms with van der Waals surface area (Å²) in [5.41, 5.74) is 0.508. The second kappa shape index (κ2) is 9.56. The zero-order valence-electron chi connectivity index (χ0n) is 16.9. The van der Waals surface area contributed by atoms with Crippen LogP contribution < -0.4 is 4.90 Å². The molecule has 4 heterocycles. The molecule has 0 N–H and O–H groups in total. The number of nitrogens with zero attached hydrogens (tertiary/aromatic N) is 5. The molecule has 2 saturated heterocycles. The number of nitriles is 1. The second-order valence-electron chi connectivity index (χ2n) is 7.25. The molecule has 0 bridgehead atoms. The van der Waals surface area contributed by atoms with Crippen molar-refractivity contribution >= 4 is 44.8 Å². The van der Waals surface area contributed by atoms with E-state index in [2.05, 4.69) is 11.1 Å². The van der Waals surface area contributed by atoms with E-state index in [-0.39, 0.29) is 15.7 Å². The molecular formula is C20H23N5O3S3. The van der Waals surface area contributed by atoms with Crippen LogP contribution in [0, 0.1) is 11.3 Å². The highest BCUT2D eigenvalue weighted by Gasteiger charge is 2.33. The Bertz CT molecular complexity index is 1090. The summed E-state index contributed by atoms with van der Waals surface area (Å²) in [6.45, 7) is 3.13. The van der Waals surface area contributed by atoms with Gasteiger partial charge in [-0.15, -0.1) is 11.3 Å². The topological polar surface area (TPSA) is 97.6 Å². The Morgan fingerprint density at radius 1 is 1.10 bits per heavy atom. The average Bonchev–Trinajstić information content (AvgIpc) is 3.18. The summed E-state index contributed by atoms with van der Waals surface area (Å²) < 4.78 is 27.8. The van der Waals surface area contributed by atoms with Gasteiger partial charge in [0.2, 0.25) is 10.0 Å². The minimum absolute atomic E-state index is 0.118. The second-order valence-corrected chi connectivity index (χ2v) is 11.3. The van der Waals surface area contributed by atoms with Crippen molar-refractivity contribution in [3.8, 4) is 6.07 Å². The third-order valence-electron chi connectivity index (χ3n) is 5.40. The van der Waals surface area contributed by atoms with Crippen molar-refractivity contribution in [2.45, 2.75) is 11.3 Å². The van der Waals surface area contributed by atoms with Gasteiger partial charge in [0, 0.05) is 57.0 Å². The first-order valence-corrected chi connectivity index (χ1v) is 13.5. The molecule has 11 heteroatoms. The fourth-order valence-electron chi connectivity index (χ4n) is 3.79. The molecule has 2 fully saturated rings. The number of carbonyl (C=O) groups is 1. The highest BCUT2D eigenvalue weighted by Crippen LogP contribution is 2.29. The van der Waals surface area contributed by atoms with Gasteiger partial charge in [-0.3, -0.25) is 4.79 Å². The van der Waals surface area contributed by atoms with Crippen LogP contribution in [0.15, 0.2) is 34.7 Å². The van der Waals surface area contributed by atoms with Crippen LogP contribution in [0.1, 0.15) is 21.7 Å². The van der Waals surface area contributed by atoms with Gasteiger partial charge >= 0.3 is 0 Å². The minimum atomic E-state index is -3.68. The molecule has 0 saturated carbocycles. The van der Waals surface area contributed by atoms with E-state index in [9.17, 15) is 18.5 Å². The normalized spacial score (nSPS) is 18.4. The van der Waals surface area contributed by atoms with Crippen molar-refractivity contribution in [2.75, 3.05) is 55.7 Å². The number of thioether (sulfide) groups is 1. The first kappa shape index (κ1) is 22.1. The summed E-state index contributed by atoms with van der Waals surface area (Å²) in [5, 5.41) is 11.0. The molecule has 31 heavy (non-hydrogen) atoms. The number of anilines is 1. The number of rotatable bonds is 4. The van der Waals surface area contributed by atoms with Gasteiger partial charge in [0.15, 0.2) is 0 Å². The molecule has 8 nitrogen and oxygen atoms in total. The van der Waals surface area contributed by atoms with E-state index in [0.717, 1.165) is 11.5 Å². The highest BCUT2D eigenvalue weighted by atomic mass is 32.2. The smallest absolute Gasteiger partial charge is 0.265 e. The molecule has 2 aromatic heterocycles. The van der Waals surface area contributed by atoms with Crippen LogP contribution in [0.3, 0.4) is 0 Å². The molecule has 2 aliphatic heterocycles. The lowest BCUT2D eigenvalue weighted by Crippen LogP contribution is -2.39. The first-order chi connectivity index (χ1) is 15.0.